The fraction of sp³-hybridized carbons (Fsp3) is 0.273. The third-order valence-corrected chi connectivity index (χ3v) is 2.29. The van der Waals surface area contributed by atoms with E-state index in [1.807, 2.05) is 13.1 Å². The number of aryl methyl sites for hydroxylation is 1. The highest BCUT2D eigenvalue weighted by Gasteiger charge is 2.11. The number of aromatic nitrogens is 3. The molecule has 2 rings (SSSR count). The standard InChI is InChI=1S/C11H12N4O/c1-15-11(13-7-14-15)8-4-3-5-9(12)10(6-8)16-2/h6-7H,4,12H2,1-2H3. The molecule has 0 spiro atoms. The monoisotopic (exact) mass is 216 g/mol. The summed E-state index contributed by atoms with van der Waals surface area (Å²) < 4.78 is 6.87. The van der Waals surface area contributed by atoms with Gasteiger partial charge in [-0.05, 0) is 12.0 Å². The Morgan fingerprint density at radius 2 is 2.38 bits per heavy atom. The van der Waals surface area contributed by atoms with E-state index in [1.54, 1.807) is 11.8 Å². The van der Waals surface area contributed by atoms with Crippen molar-refractivity contribution in [2.45, 2.75) is 6.42 Å². The Hall–Kier alpha value is -2.22. The number of nitrogens with zero attached hydrogens (tertiary/aromatic N) is 3. The van der Waals surface area contributed by atoms with Gasteiger partial charge in [0.2, 0.25) is 0 Å². The molecule has 0 aromatic carbocycles. The van der Waals surface area contributed by atoms with Crippen LogP contribution in [0.4, 0.5) is 0 Å². The summed E-state index contributed by atoms with van der Waals surface area (Å²) in [6.45, 7) is 0. The highest BCUT2D eigenvalue weighted by molar-refractivity contribution is 5.67. The molecule has 5 heteroatoms. The van der Waals surface area contributed by atoms with Crippen LogP contribution in [0, 0.1) is 11.8 Å². The van der Waals surface area contributed by atoms with Crippen LogP contribution >= 0.6 is 0 Å². The zero-order valence-electron chi connectivity index (χ0n) is 9.19. The minimum absolute atomic E-state index is 0.444. The molecule has 2 N–H and O–H groups in total. The van der Waals surface area contributed by atoms with Crippen LogP contribution in [0.25, 0.3) is 5.57 Å². The number of rotatable bonds is 2. The van der Waals surface area contributed by atoms with Gasteiger partial charge in [-0.15, -0.1) is 0 Å². The van der Waals surface area contributed by atoms with E-state index >= 15 is 0 Å². The van der Waals surface area contributed by atoms with E-state index in [2.05, 4.69) is 21.9 Å². The fourth-order valence-electron chi connectivity index (χ4n) is 1.48. The van der Waals surface area contributed by atoms with Crippen molar-refractivity contribution < 1.29 is 4.74 Å². The normalized spacial score (nSPS) is 15.0. The lowest BCUT2D eigenvalue weighted by atomic mass is 10.1. The van der Waals surface area contributed by atoms with Crippen molar-refractivity contribution >= 4 is 5.57 Å². The van der Waals surface area contributed by atoms with Crippen molar-refractivity contribution in [2.75, 3.05) is 7.11 Å². The zero-order valence-corrected chi connectivity index (χ0v) is 9.19. The highest BCUT2D eigenvalue weighted by atomic mass is 16.5. The molecule has 82 valence electrons. The summed E-state index contributed by atoms with van der Waals surface area (Å²) in [6, 6.07) is 0. The summed E-state index contributed by atoms with van der Waals surface area (Å²) in [5.74, 6) is 7.14. The van der Waals surface area contributed by atoms with E-state index < -0.39 is 0 Å². The van der Waals surface area contributed by atoms with Gasteiger partial charge in [-0.25, -0.2) is 9.67 Å². The van der Waals surface area contributed by atoms with Crippen molar-refractivity contribution in [3.05, 3.63) is 29.7 Å². The number of allylic oxidation sites excluding steroid dienone is 3. The summed E-state index contributed by atoms with van der Waals surface area (Å²) in [7, 11) is 3.40. The molecule has 0 saturated carbocycles. The van der Waals surface area contributed by atoms with Crippen LogP contribution in [-0.4, -0.2) is 21.9 Å². The molecule has 0 amide bonds. The molecule has 0 fully saturated rings. The predicted octanol–water partition coefficient (Wildman–Crippen LogP) is 0.422. The Morgan fingerprint density at radius 3 is 3.00 bits per heavy atom. The first-order valence-electron chi connectivity index (χ1n) is 4.80. The highest BCUT2D eigenvalue weighted by Crippen LogP contribution is 2.20. The van der Waals surface area contributed by atoms with Crippen LogP contribution in [-0.2, 0) is 11.8 Å². The van der Waals surface area contributed by atoms with Crippen LogP contribution in [0.5, 0.6) is 0 Å². The zero-order chi connectivity index (χ0) is 11.5. The number of hydrogen-bond donors (Lipinski definition) is 1. The Labute approximate surface area is 93.6 Å². The molecule has 0 unspecified atom stereocenters. The summed E-state index contributed by atoms with van der Waals surface area (Å²) in [4.78, 5) is 4.17. The van der Waals surface area contributed by atoms with E-state index in [0.717, 1.165) is 11.4 Å². The number of nitrogens with two attached hydrogens (primary N) is 1. The van der Waals surface area contributed by atoms with Gasteiger partial charge in [0.1, 0.15) is 12.0 Å². The van der Waals surface area contributed by atoms with Gasteiger partial charge in [0.05, 0.1) is 7.11 Å². The lowest BCUT2D eigenvalue weighted by Crippen LogP contribution is -2.01. The maximum Gasteiger partial charge on any atom is 0.154 e. The maximum atomic E-state index is 5.74. The third kappa shape index (κ3) is 1.77. The topological polar surface area (TPSA) is 66.0 Å². The van der Waals surface area contributed by atoms with Crippen molar-refractivity contribution in [3.8, 4) is 11.8 Å². The summed E-state index contributed by atoms with van der Waals surface area (Å²) in [5.41, 5.74) is 7.13. The molecule has 16 heavy (non-hydrogen) atoms. The molecule has 1 aliphatic rings. The van der Waals surface area contributed by atoms with Gasteiger partial charge < -0.3 is 10.5 Å². The molecule has 0 saturated heterocycles. The largest absolute Gasteiger partial charge is 0.494 e. The molecular weight excluding hydrogens is 204 g/mol. The lowest BCUT2D eigenvalue weighted by molar-refractivity contribution is 0.303. The van der Waals surface area contributed by atoms with Crippen molar-refractivity contribution in [1.82, 2.24) is 14.8 Å². The first-order valence-corrected chi connectivity index (χ1v) is 4.80. The number of methoxy groups -OCH3 is 1. The van der Waals surface area contributed by atoms with Gasteiger partial charge in [-0.1, -0.05) is 5.92 Å². The molecule has 0 aliphatic heterocycles. The SMILES string of the molecule is COC1=C(N)C#CCC(c2ncnn2C)=C1. The Bertz CT molecular complexity index is 528. The Kier molecular flexibility index (Phi) is 2.64. The van der Waals surface area contributed by atoms with E-state index in [-0.39, 0.29) is 0 Å². The first-order chi connectivity index (χ1) is 7.72. The van der Waals surface area contributed by atoms with E-state index in [4.69, 9.17) is 10.5 Å². The second-order valence-corrected chi connectivity index (χ2v) is 3.34. The van der Waals surface area contributed by atoms with Gasteiger partial charge in [0.25, 0.3) is 0 Å². The number of hydrogen-bond acceptors (Lipinski definition) is 4. The maximum absolute atomic E-state index is 5.74. The van der Waals surface area contributed by atoms with Gasteiger partial charge >= 0.3 is 0 Å². The van der Waals surface area contributed by atoms with E-state index in [0.29, 0.717) is 17.9 Å². The molecule has 0 bridgehead atoms. The van der Waals surface area contributed by atoms with Crippen LogP contribution in [0.2, 0.25) is 0 Å². The molecule has 0 atom stereocenters. The minimum Gasteiger partial charge on any atom is -0.494 e. The average molecular weight is 216 g/mol. The van der Waals surface area contributed by atoms with Crippen LogP contribution in [0.3, 0.4) is 0 Å². The van der Waals surface area contributed by atoms with Crippen LogP contribution < -0.4 is 5.73 Å². The van der Waals surface area contributed by atoms with Crippen molar-refractivity contribution in [1.29, 1.82) is 0 Å². The van der Waals surface area contributed by atoms with Crippen molar-refractivity contribution in [2.24, 2.45) is 12.8 Å². The number of ether oxygens (including phenoxy) is 1. The van der Waals surface area contributed by atoms with Gasteiger partial charge in [-0.3, -0.25) is 0 Å². The third-order valence-electron chi connectivity index (χ3n) is 2.29. The predicted molar refractivity (Wildman–Crippen MR) is 59.6 cm³/mol. The summed E-state index contributed by atoms with van der Waals surface area (Å²) >= 11 is 0. The fourth-order valence-corrected chi connectivity index (χ4v) is 1.48. The molecular formula is C11H12N4O. The smallest absolute Gasteiger partial charge is 0.154 e. The molecule has 1 aromatic heterocycles. The summed E-state index contributed by atoms with van der Waals surface area (Å²) in [6.07, 6.45) is 3.93. The Balaban J connectivity index is 2.46. The minimum atomic E-state index is 0.444. The van der Waals surface area contributed by atoms with E-state index in [9.17, 15) is 0 Å². The molecule has 1 heterocycles. The molecule has 5 nitrogen and oxygen atoms in total. The quantitative estimate of drug-likeness (QED) is 0.728. The van der Waals surface area contributed by atoms with Gasteiger partial charge in [0.15, 0.2) is 11.6 Å². The summed E-state index contributed by atoms with van der Waals surface area (Å²) in [5, 5.41) is 4.02. The van der Waals surface area contributed by atoms with Crippen LogP contribution in [0.1, 0.15) is 12.2 Å². The molecule has 1 aromatic rings. The lowest BCUT2D eigenvalue weighted by Gasteiger charge is -2.04. The molecule has 0 radical (unpaired) electrons. The average Bonchev–Trinajstić information content (AvgIpc) is 2.60. The first kappa shape index (κ1) is 10.3. The van der Waals surface area contributed by atoms with Crippen LogP contribution in [0.15, 0.2) is 23.9 Å². The van der Waals surface area contributed by atoms with Crippen molar-refractivity contribution in [3.63, 3.8) is 0 Å². The van der Waals surface area contributed by atoms with Gasteiger partial charge in [0, 0.05) is 19.0 Å². The molecule has 1 aliphatic carbocycles. The van der Waals surface area contributed by atoms with E-state index in [1.165, 1.54) is 6.33 Å². The van der Waals surface area contributed by atoms with Gasteiger partial charge in [-0.2, -0.15) is 5.10 Å². The Morgan fingerprint density at radius 1 is 1.56 bits per heavy atom. The second-order valence-electron chi connectivity index (χ2n) is 3.34. The second kappa shape index (κ2) is 4.11.